The minimum Gasteiger partial charge on any atom is -0.389 e. The summed E-state index contributed by atoms with van der Waals surface area (Å²) in [5.74, 6) is 0. The van der Waals surface area contributed by atoms with Crippen LogP contribution in [-0.4, -0.2) is 74.3 Å². The summed E-state index contributed by atoms with van der Waals surface area (Å²) in [7, 11) is 0. The van der Waals surface area contributed by atoms with Crippen molar-refractivity contribution in [3.05, 3.63) is 0 Å². The Kier molecular flexibility index (Phi) is 6.53. The lowest BCUT2D eigenvalue weighted by Crippen LogP contribution is -2.43. The van der Waals surface area contributed by atoms with Gasteiger partial charge in [-0.25, -0.2) is 0 Å². The highest BCUT2D eigenvalue weighted by Gasteiger charge is 2.36. The second kappa shape index (κ2) is 8.17. The Balaban J connectivity index is 1.52. The van der Waals surface area contributed by atoms with Gasteiger partial charge in [-0.2, -0.15) is 0 Å². The fraction of sp³-hybridized carbons (Fsp3) is 1.00. The van der Waals surface area contributed by atoms with Crippen molar-refractivity contribution in [2.45, 2.75) is 44.4 Å². The normalized spacial score (nSPS) is 28.7. The molecule has 0 aliphatic carbocycles. The van der Waals surface area contributed by atoms with Gasteiger partial charge in [-0.05, 0) is 32.7 Å². The van der Waals surface area contributed by atoms with E-state index in [4.69, 9.17) is 9.47 Å². The van der Waals surface area contributed by atoms with E-state index in [1.165, 1.54) is 32.4 Å². The zero-order chi connectivity index (χ0) is 13.5. The van der Waals surface area contributed by atoms with Gasteiger partial charge in [0.15, 0.2) is 0 Å². The zero-order valence-corrected chi connectivity index (χ0v) is 12.0. The third-order valence-electron chi connectivity index (χ3n) is 4.11. The van der Waals surface area contributed by atoms with Crippen LogP contribution in [-0.2, 0) is 9.47 Å². The van der Waals surface area contributed by atoms with Crippen LogP contribution in [0.15, 0.2) is 0 Å². The number of nitrogens with one attached hydrogen (secondary N) is 1. The van der Waals surface area contributed by atoms with E-state index in [2.05, 4.69) is 10.2 Å². The molecule has 3 atom stereocenters. The lowest BCUT2D eigenvalue weighted by atomic mass is 10.1. The maximum atomic E-state index is 9.86. The standard InChI is InChI=1S/C14H28N2O3/c1-2-18-8-9-19-11-12(17)10-15-13-5-7-16-6-3-4-14(13)16/h12-15,17H,2-11H2,1H3. The monoisotopic (exact) mass is 272 g/mol. The Hall–Kier alpha value is -0.200. The second-order valence-electron chi connectivity index (χ2n) is 5.47. The number of rotatable bonds is 9. The molecular formula is C14H28N2O3. The maximum absolute atomic E-state index is 9.86. The van der Waals surface area contributed by atoms with Crippen LogP contribution in [0.5, 0.6) is 0 Å². The molecule has 2 saturated heterocycles. The van der Waals surface area contributed by atoms with Gasteiger partial charge >= 0.3 is 0 Å². The molecule has 2 aliphatic rings. The minimum absolute atomic E-state index is 0.390. The summed E-state index contributed by atoms with van der Waals surface area (Å²) in [6.07, 6.45) is 3.42. The molecule has 0 bridgehead atoms. The van der Waals surface area contributed by atoms with Gasteiger partial charge < -0.3 is 19.9 Å². The van der Waals surface area contributed by atoms with Crippen molar-refractivity contribution in [1.29, 1.82) is 0 Å². The van der Waals surface area contributed by atoms with Crippen molar-refractivity contribution in [3.63, 3.8) is 0 Å². The highest BCUT2D eigenvalue weighted by molar-refractivity contribution is 4.95. The average Bonchev–Trinajstić information content (AvgIpc) is 2.99. The summed E-state index contributed by atoms with van der Waals surface area (Å²) in [6.45, 7) is 7.33. The van der Waals surface area contributed by atoms with Crippen molar-refractivity contribution < 1.29 is 14.6 Å². The Morgan fingerprint density at radius 3 is 2.95 bits per heavy atom. The van der Waals surface area contributed by atoms with E-state index in [1.807, 2.05) is 6.92 Å². The van der Waals surface area contributed by atoms with Crippen molar-refractivity contribution >= 4 is 0 Å². The van der Waals surface area contributed by atoms with Gasteiger partial charge in [0.2, 0.25) is 0 Å². The van der Waals surface area contributed by atoms with E-state index in [9.17, 15) is 5.11 Å². The van der Waals surface area contributed by atoms with Crippen LogP contribution in [0.2, 0.25) is 0 Å². The second-order valence-corrected chi connectivity index (χ2v) is 5.47. The highest BCUT2D eigenvalue weighted by Crippen LogP contribution is 2.27. The molecule has 5 nitrogen and oxygen atoms in total. The van der Waals surface area contributed by atoms with Gasteiger partial charge in [0, 0.05) is 31.8 Å². The van der Waals surface area contributed by atoms with E-state index in [0.29, 0.717) is 45.1 Å². The van der Waals surface area contributed by atoms with Gasteiger partial charge in [0.25, 0.3) is 0 Å². The number of nitrogens with zero attached hydrogens (tertiary/aromatic N) is 1. The van der Waals surface area contributed by atoms with Crippen molar-refractivity contribution in [3.8, 4) is 0 Å². The summed E-state index contributed by atoms with van der Waals surface area (Å²) < 4.78 is 10.6. The molecule has 0 amide bonds. The number of hydrogen-bond acceptors (Lipinski definition) is 5. The molecule has 0 aromatic carbocycles. The third kappa shape index (κ3) is 4.68. The van der Waals surface area contributed by atoms with Crippen molar-refractivity contribution in [2.24, 2.45) is 0 Å². The van der Waals surface area contributed by atoms with Gasteiger partial charge in [-0.3, -0.25) is 4.90 Å². The van der Waals surface area contributed by atoms with Crippen LogP contribution < -0.4 is 5.32 Å². The molecule has 112 valence electrons. The van der Waals surface area contributed by atoms with Crippen LogP contribution in [0.1, 0.15) is 26.2 Å². The van der Waals surface area contributed by atoms with Gasteiger partial charge in [-0.15, -0.1) is 0 Å². The predicted molar refractivity (Wildman–Crippen MR) is 74.3 cm³/mol. The Morgan fingerprint density at radius 1 is 1.26 bits per heavy atom. The van der Waals surface area contributed by atoms with Crippen molar-refractivity contribution in [2.75, 3.05) is 46.1 Å². The molecular weight excluding hydrogens is 244 g/mol. The molecule has 0 radical (unpaired) electrons. The number of aliphatic hydroxyl groups is 1. The highest BCUT2D eigenvalue weighted by atomic mass is 16.5. The third-order valence-corrected chi connectivity index (χ3v) is 4.11. The lowest BCUT2D eigenvalue weighted by Gasteiger charge is -2.22. The molecule has 0 saturated carbocycles. The first kappa shape index (κ1) is 15.2. The average molecular weight is 272 g/mol. The molecule has 0 spiro atoms. The molecule has 2 N–H and O–H groups in total. The SMILES string of the molecule is CCOCCOCC(O)CNC1CCN2CCCC12. The smallest absolute Gasteiger partial charge is 0.0897 e. The maximum Gasteiger partial charge on any atom is 0.0897 e. The Labute approximate surface area is 116 Å². The summed E-state index contributed by atoms with van der Waals surface area (Å²) in [5, 5.41) is 13.4. The number of fused-ring (bicyclic) bond motifs is 1. The van der Waals surface area contributed by atoms with Gasteiger partial charge in [-0.1, -0.05) is 0 Å². The molecule has 2 heterocycles. The fourth-order valence-electron chi connectivity index (χ4n) is 3.15. The van der Waals surface area contributed by atoms with Crippen LogP contribution >= 0.6 is 0 Å². The van der Waals surface area contributed by atoms with Crippen LogP contribution in [0.3, 0.4) is 0 Å². The van der Waals surface area contributed by atoms with E-state index in [1.54, 1.807) is 0 Å². The number of ether oxygens (including phenoxy) is 2. The number of hydrogen-bond donors (Lipinski definition) is 2. The first-order chi connectivity index (χ1) is 9.31. The Bertz CT molecular complexity index is 253. The summed E-state index contributed by atoms with van der Waals surface area (Å²) in [5.41, 5.74) is 0. The first-order valence-electron chi connectivity index (χ1n) is 7.62. The molecule has 3 unspecified atom stereocenters. The molecule has 2 rings (SSSR count). The van der Waals surface area contributed by atoms with Crippen LogP contribution in [0.25, 0.3) is 0 Å². The molecule has 2 fully saturated rings. The molecule has 0 aromatic heterocycles. The molecule has 2 aliphatic heterocycles. The number of aliphatic hydroxyl groups excluding tert-OH is 1. The largest absolute Gasteiger partial charge is 0.389 e. The lowest BCUT2D eigenvalue weighted by molar-refractivity contribution is 0.00551. The van der Waals surface area contributed by atoms with E-state index in [-0.39, 0.29) is 0 Å². The quantitative estimate of drug-likeness (QED) is 0.588. The summed E-state index contributed by atoms with van der Waals surface area (Å²) >= 11 is 0. The van der Waals surface area contributed by atoms with E-state index in [0.717, 1.165) is 0 Å². The first-order valence-corrected chi connectivity index (χ1v) is 7.62. The zero-order valence-electron chi connectivity index (χ0n) is 12.0. The van der Waals surface area contributed by atoms with E-state index < -0.39 is 6.10 Å². The van der Waals surface area contributed by atoms with Crippen molar-refractivity contribution in [1.82, 2.24) is 10.2 Å². The predicted octanol–water partition coefficient (Wildman–Crippen LogP) is 0.227. The van der Waals surface area contributed by atoms with Crippen LogP contribution in [0.4, 0.5) is 0 Å². The van der Waals surface area contributed by atoms with Crippen LogP contribution in [0, 0.1) is 0 Å². The fourth-order valence-corrected chi connectivity index (χ4v) is 3.15. The molecule has 19 heavy (non-hydrogen) atoms. The van der Waals surface area contributed by atoms with Gasteiger partial charge in [0.1, 0.15) is 0 Å². The van der Waals surface area contributed by atoms with E-state index >= 15 is 0 Å². The Morgan fingerprint density at radius 2 is 2.11 bits per heavy atom. The van der Waals surface area contributed by atoms with Gasteiger partial charge in [0.05, 0.1) is 25.9 Å². The molecule has 0 aromatic rings. The molecule has 5 heteroatoms. The summed E-state index contributed by atoms with van der Waals surface area (Å²) in [4.78, 5) is 2.57. The minimum atomic E-state index is -0.419. The topological polar surface area (TPSA) is 54.0 Å². The summed E-state index contributed by atoms with van der Waals surface area (Å²) in [6, 6.07) is 1.26.